The highest BCUT2D eigenvalue weighted by atomic mass is 16.5. The molecule has 1 aromatic rings. The monoisotopic (exact) mass is 279 g/mol. The Morgan fingerprint density at radius 3 is 2.35 bits per heavy atom. The molecule has 1 aromatic carbocycles. The zero-order valence-electron chi connectivity index (χ0n) is 13.0. The summed E-state index contributed by atoms with van der Waals surface area (Å²) in [5.74, 6) is 1.64. The van der Waals surface area contributed by atoms with Crippen LogP contribution in [0.2, 0.25) is 0 Å². The van der Waals surface area contributed by atoms with E-state index in [9.17, 15) is 0 Å². The molecule has 0 atom stereocenters. The molecular formula is C17H29NO2. The SMILES string of the molecule is CCCCCCCCOc1ccc(CN)cc1OCC. The van der Waals surface area contributed by atoms with Crippen molar-refractivity contribution in [1.29, 1.82) is 0 Å². The van der Waals surface area contributed by atoms with E-state index in [0.717, 1.165) is 30.1 Å². The van der Waals surface area contributed by atoms with Gasteiger partial charge in [-0.3, -0.25) is 0 Å². The largest absolute Gasteiger partial charge is 0.490 e. The number of rotatable bonds is 11. The minimum absolute atomic E-state index is 0.526. The number of hydrogen-bond acceptors (Lipinski definition) is 3. The lowest BCUT2D eigenvalue weighted by Gasteiger charge is -2.13. The number of nitrogens with two attached hydrogens (primary N) is 1. The predicted octanol–water partition coefficient (Wildman–Crippen LogP) is 4.28. The van der Waals surface area contributed by atoms with Gasteiger partial charge in [-0.1, -0.05) is 45.1 Å². The summed E-state index contributed by atoms with van der Waals surface area (Å²) in [5, 5.41) is 0. The van der Waals surface area contributed by atoms with Crippen molar-refractivity contribution in [3.63, 3.8) is 0 Å². The smallest absolute Gasteiger partial charge is 0.161 e. The first-order valence-corrected chi connectivity index (χ1v) is 7.90. The average molecular weight is 279 g/mol. The first-order valence-electron chi connectivity index (χ1n) is 7.90. The minimum atomic E-state index is 0.526. The molecule has 0 fully saturated rings. The summed E-state index contributed by atoms with van der Waals surface area (Å²) in [6, 6.07) is 5.93. The molecule has 3 nitrogen and oxygen atoms in total. The molecule has 0 saturated carbocycles. The van der Waals surface area contributed by atoms with Crippen LogP contribution in [0.1, 0.15) is 57.9 Å². The molecule has 0 unspecified atom stereocenters. The van der Waals surface area contributed by atoms with Crippen LogP contribution in [0.4, 0.5) is 0 Å². The molecule has 0 saturated heterocycles. The third-order valence-electron chi connectivity index (χ3n) is 3.30. The maximum Gasteiger partial charge on any atom is 0.161 e. The third-order valence-corrected chi connectivity index (χ3v) is 3.30. The molecule has 114 valence electrons. The third kappa shape index (κ3) is 6.29. The van der Waals surface area contributed by atoms with Gasteiger partial charge >= 0.3 is 0 Å². The Kier molecular flexibility index (Phi) is 8.88. The Labute approximate surface area is 123 Å². The second kappa shape index (κ2) is 10.6. The van der Waals surface area contributed by atoms with Gasteiger partial charge in [0.25, 0.3) is 0 Å². The first kappa shape index (κ1) is 16.8. The standard InChI is InChI=1S/C17H29NO2/c1-3-5-6-7-8-9-12-20-16-11-10-15(14-18)13-17(16)19-4-2/h10-11,13H,3-9,12,14,18H2,1-2H3. The van der Waals surface area contributed by atoms with Crippen LogP contribution in [0.5, 0.6) is 11.5 Å². The molecule has 20 heavy (non-hydrogen) atoms. The first-order chi connectivity index (χ1) is 9.81. The van der Waals surface area contributed by atoms with Gasteiger partial charge in [0.1, 0.15) is 0 Å². The van der Waals surface area contributed by atoms with Gasteiger partial charge in [-0.15, -0.1) is 0 Å². The highest BCUT2D eigenvalue weighted by Crippen LogP contribution is 2.28. The van der Waals surface area contributed by atoms with E-state index >= 15 is 0 Å². The Bertz CT molecular complexity index is 366. The van der Waals surface area contributed by atoms with Crippen LogP contribution in [0, 0.1) is 0 Å². The van der Waals surface area contributed by atoms with Crippen molar-refractivity contribution in [3.8, 4) is 11.5 Å². The van der Waals surface area contributed by atoms with Crippen LogP contribution in [0.15, 0.2) is 18.2 Å². The maximum absolute atomic E-state index is 5.83. The van der Waals surface area contributed by atoms with Crippen LogP contribution >= 0.6 is 0 Å². The van der Waals surface area contributed by atoms with Crippen LogP contribution in [-0.2, 0) is 6.54 Å². The number of ether oxygens (including phenoxy) is 2. The van der Waals surface area contributed by atoms with Gasteiger partial charge in [0, 0.05) is 6.54 Å². The summed E-state index contributed by atoms with van der Waals surface area (Å²) in [4.78, 5) is 0. The average Bonchev–Trinajstić information content (AvgIpc) is 2.47. The van der Waals surface area contributed by atoms with Crippen molar-refractivity contribution < 1.29 is 9.47 Å². The normalized spacial score (nSPS) is 10.6. The summed E-state index contributed by atoms with van der Waals surface area (Å²) in [5.41, 5.74) is 6.72. The van der Waals surface area contributed by atoms with Crippen molar-refractivity contribution in [3.05, 3.63) is 23.8 Å². The fourth-order valence-corrected chi connectivity index (χ4v) is 2.13. The van der Waals surface area contributed by atoms with Gasteiger partial charge < -0.3 is 15.2 Å². The molecule has 0 amide bonds. The van der Waals surface area contributed by atoms with Crippen LogP contribution in [0.3, 0.4) is 0 Å². The Morgan fingerprint density at radius 1 is 0.900 bits per heavy atom. The highest BCUT2D eigenvalue weighted by molar-refractivity contribution is 5.43. The van der Waals surface area contributed by atoms with E-state index in [1.807, 2.05) is 25.1 Å². The lowest BCUT2D eigenvalue weighted by Crippen LogP contribution is -2.03. The molecule has 0 spiro atoms. The van der Waals surface area contributed by atoms with Gasteiger partial charge in [0.2, 0.25) is 0 Å². The van der Waals surface area contributed by atoms with E-state index in [2.05, 4.69) is 6.92 Å². The zero-order chi connectivity index (χ0) is 14.6. The number of unbranched alkanes of at least 4 members (excludes halogenated alkanes) is 5. The van der Waals surface area contributed by atoms with E-state index in [1.165, 1.54) is 32.1 Å². The van der Waals surface area contributed by atoms with Crippen molar-refractivity contribution in [2.24, 2.45) is 5.73 Å². The van der Waals surface area contributed by atoms with Gasteiger partial charge in [0.15, 0.2) is 11.5 Å². The molecule has 0 aliphatic heterocycles. The molecule has 0 aliphatic carbocycles. The Hall–Kier alpha value is -1.22. The van der Waals surface area contributed by atoms with E-state index in [-0.39, 0.29) is 0 Å². The molecule has 0 heterocycles. The second-order valence-electron chi connectivity index (χ2n) is 5.03. The highest BCUT2D eigenvalue weighted by Gasteiger charge is 2.05. The fourth-order valence-electron chi connectivity index (χ4n) is 2.13. The Balaban J connectivity index is 2.35. The molecule has 2 N–H and O–H groups in total. The molecule has 0 radical (unpaired) electrons. The van der Waals surface area contributed by atoms with E-state index in [4.69, 9.17) is 15.2 Å². The number of hydrogen-bond donors (Lipinski definition) is 1. The zero-order valence-corrected chi connectivity index (χ0v) is 13.0. The maximum atomic E-state index is 5.83. The topological polar surface area (TPSA) is 44.5 Å². The Morgan fingerprint density at radius 2 is 1.65 bits per heavy atom. The summed E-state index contributed by atoms with van der Waals surface area (Å²) in [6.07, 6.45) is 7.63. The van der Waals surface area contributed by atoms with E-state index in [0.29, 0.717) is 13.2 Å². The summed E-state index contributed by atoms with van der Waals surface area (Å²) in [7, 11) is 0. The van der Waals surface area contributed by atoms with Crippen LogP contribution in [-0.4, -0.2) is 13.2 Å². The van der Waals surface area contributed by atoms with Crippen molar-refractivity contribution in [2.75, 3.05) is 13.2 Å². The van der Waals surface area contributed by atoms with Crippen molar-refractivity contribution in [1.82, 2.24) is 0 Å². The van der Waals surface area contributed by atoms with E-state index in [1.54, 1.807) is 0 Å². The quantitative estimate of drug-likeness (QED) is 0.615. The van der Waals surface area contributed by atoms with Gasteiger partial charge in [-0.2, -0.15) is 0 Å². The summed E-state index contributed by atoms with van der Waals surface area (Å²) in [6.45, 7) is 6.14. The molecular weight excluding hydrogens is 250 g/mol. The fraction of sp³-hybridized carbons (Fsp3) is 0.647. The number of benzene rings is 1. The molecule has 0 bridgehead atoms. The minimum Gasteiger partial charge on any atom is -0.490 e. The second-order valence-corrected chi connectivity index (χ2v) is 5.03. The molecule has 0 aromatic heterocycles. The van der Waals surface area contributed by atoms with Crippen LogP contribution in [0.25, 0.3) is 0 Å². The van der Waals surface area contributed by atoms with Crippen molar-refractivity contribution in [2.45, 2.75) is 58.9 Å². The summed E-state index contributed by atoms with van der Waals surface area (Å²) < 4.78 is 11.4. The predicted molar refractivity (Wildman–Crippen MR) is 84.4 cm³/mol. The molecule has 1 rings (SSSR count). The lowest BCUT2D eigenvalue weighted by molar-refractivity contribution is 0.270. The van der Waals surface area contributed by atoms with Gasteiger partial charge in [-0.25, -0.2) is 0 Å². The molecule has 3 heteroatoms. The van der Waals surface area contributed by atoms with Gasteiger partial charge in [-0.05, 0) is 31.0 Å². The lowest BCUT2D eigenvalue weighted by atomic mass is 10.1. The summed E-state index contributed by atoms with van der Waals surface area (Å²) >= 11 is 0. The van der Waals surface area contributed by atoms with Gasteiger partial charge in [0.05, 0.1) is 13.2 Å². The van der Waals surface area contributed by atoms with E-state index < -0.39 is 0 Å². The van der Waals surface area contributed by atoms with Crippen LogP contribution < -0.4 is 15.2 Å². The van der Waals surface area contributed by atoms with Crippen molar-refractivity contribution >= 4 is 0 Å². The molecule has 0 aliphatic rings.